The van der Waals surface area contributed by atoms with E-state index in [-0.39, 0.29) is 17.5 Å². The normalized spacial score (nSPS) is 11.2. The molecule has 2 N–H and O–H groups in total. The van der Waals surface area contributed by atoms with Crippen LogP contribution in [0.4, 0.5) is 0 Å². The van der Waals surface area contributed by atoms with Gasteiger partial charge in [0.05, 0.1) is 6.26 Å². The van der Waals surface area contributed by atoms with Crippen LogP contribution in [0.5, 0.6) is 0 Å². The van der Waals surface area contributed by atoms with Crippen LogP contribution in [0.1, 0.15) is 35.9 Å². The van der Waals surface area contributed by atoms with Gasteiger partial charge in [-0.2, -0.15) is 0 Å². The molecule has 0 aliphatic carbocycles. The SMILES string of the molecule is CCCCNC(=O)/C(=C/c1ccco1)NC(=O)c1ccc(I)cc1. The lowest BCUT2D eigenvalue weighted by Crippen LogP contribution is -2.35. The summed E-state index contributed by atoms with van der Waals surface area (Å²) in [6.45, 7) is 2.61. The third-order valence-electron chi connectivity index (χ3n) is 3.24. The maximum Gasteiger partial charge on any atom is 0.267 e. The Kier molecular flexibility index (Phi) is 7.05. The molecule has 0 bridgehead atoms. The fraction of sp³-hybridized carbons (Fsp3) is 0.222. The standard InChI is InChI=1S/C18H19IN2O3/c1-2-3-10-20-18(23)16(12-15-5-4-11-24-15)21-17(22)13-6-8-14(19)9-7-13/h4-9,11-12H,2-3,10H2,1H3,(H,20,23)(H,21,22)/b16-12-. The zero-order valence-electron chi connectivity index (χ0n) is 13.3. The van der Waals surface area contributed by atoms with Gasteiger partial charge >= 0.3 is 0 Å². The van der Waals surface area contributed by atoms with Crippen LogP contribution in [0.3, 0.4) is 0 Å². The molecule has 0 saturated carbocycles. The van der Waals surface area contributed by atoms with E-state index in [9.17, 15) is 9.59 Å². The fourth-order valence-electron chi connectivity index (χ4n) is 1.94. The molecular weight excluding hydrogens is 419 g/mol. The molecule has 2 amide bonds. The molecular formula is C18H19IN2O3. The van der Waals surface area contributed by atoms with Crippen molar-refractivity contribution < 1.29 is 14.0 Å². The van der Waals surface area contributed by atoms with Gasteiger partial charge in [-0.25, -0.2) is 0 Å². The van der Waals surface area contributed by atoms with Crippen LogP contribution in [0.2, 0.25) is 0 Å². The third-order valence-corrected chi connectivity index (χ3v) is 3.96. The smallest absolute Gasteiger partial charge is 0.267 e. The Bertz CT molecular complexity index is 706. The Balaban J connectivity index is 2.14. The Hall–Kier alpha value is -2.09. The van der Waals surface area contributed by atoms with Crippen LogP contribution in [0.25, 0.3) is 6.08 Å². The number of carbonyl (C=O) groups is 2. The molecule has 0 aliphatic rings. The van der Waals surface area contributed by atoms with Crippen molar-refractivity contribution in [3.05, 3.63) is 63.3 Å². The first-order chi connectivity index (χ1) is 11.6. The van der Waals surface area contributed by atoms with Crippen molar-refractivity contribution in [2.24, 2.45) is 0 Å². The second kappa shape index (κ2) is 9.27. The zero-order valence-corrected chi connectivity index (χ0v) is 15.5. The predicted octanol–water partition coefficient (Wildman–Crippen LogP) is 3.57. The van der Waals surface area contributed by atoms with Crippen LogP contribution >= 0.6 is 22.6 Å². The van der Waals surface area contributed by atoms with Gasteiger partial charge in [0.1, 0.15) is 11.5 Å². The van der Waals surface area contributed by atoms with Gasteiger partial charge in [-0.1, -0.05) is 13.3 Å². The summed E-state index contributed by atoms with van der Waals surface area (Å²) in [4.78, 5) is 24.7. The third kappa shape index (κ3) is 5.52. The lowest BCUT2D eigenvalue weighted by molar-refractivity contribution is -0.117. The number of rotatable bonds is 7. The summed E-state index contributed by atoms with van der Waals surface area (Å²) in [6, 6.07) is 10.6. The summed E-state index contributed by atoms with van der Waals surface area (Å²) >= 11 is 2.17. The van der Waals surface area contributed by atoms with Crippen molar-refractivity contribution >= 4 is 40.5 Å². The first kappa shape index (κ1) is 18.3. The van der Waals surface area contributed by atoms with Gasteiger partial charge < -0.3 is 15.1 Å². The van der Waals surface area contributed by atoms with E-state index in [1.165, 1.54) is 12.3 Å². The second-order valence-electron chi connectivity index (χ2n) is 5.14. The number of hydrogen-bond acceptors (Lipinski definition) is 3. The molecule has 0 radical (unpaired) electrons. The van der Waals surface area contributed by atoms with E-state index in [4.69, 9.17) is 4.42 Å². The number of benzene rings is 1. The van der Waals surface area contributed by atoms with Crippen LogP contribution in [0.15, 0.2) is 52.8 Å². The van der Waals surface area contributed by atoms with Crippen LogP contribution in [-0.4, -0.2) is 18.4 Å². The van der Waals surface area contributed by atoms with Gasteiger partial charge in [0.2, 0.25) is 0 Å². The van der Waals surface area contributed by atoms with E-state index in [0.717, 1.165) is 16.4 Å². The summed E-state index contributed by atoms with van der Waals surface area (Å²) in [5.74, 6) is -0.174. The van der Waals surface area contributed by atoms with Gasteiger partial charge in [-0.05, 0) is 65.4 Å². The van der Waals surface area contributed by atoms with Gasteiger partial charge in [0.15, 0.2) is 0 Å². The molecule has 6 heteroatoms. The van der Waals surface area contributed by atoms with Gasteiger partial charge in [0.25, 0.3) is 11.8 Å². The molecule has 1 aromatic heterocycles. The quantitative estimate of drug-likeness (QED) is 0.395. The van der Waals surface area contributed by atoms with E-state index in [1.54, 1.807) is 24.3 Å². The molecule has 1 heterocycles. The number of hydrogen-bond donors (Lipinski definition) is 2. The molecule has 1 aromatic carbocycles. The largest absolute Gasteiger partial charge is 0.465 e. The molecule has 0 spiro atoms. The van der Waals surface area contributed by atoms with E-state index >= 15 is 0 Å². The Morgan fingerprint density at radius 3 is 2.58 bits per heavy atom. The highest BCUT2D eigenvalue weighted by Crippen LogP contribution is 2.10. The first-order valence-corrected chi connectivity index (χ1v) is 8.78. The fourth-order valence-corrected chi connectivity index (χ4v) is 2.30. The number of carbonyl (C=O) groups excluding carboxylic acids is 2. The topological polar surface area (TPSA) is 71.3 Å². The van der Waals surface area contributed by atoms with E-state index < -0.39 is 0 Å². The summed E-state index contributed by atoms with van der Waals surface area (Å²) in [6.07, 6.45) is 4.89. The molecule has 2 rings (SSSR count). The zero-order chi connectivity index (χ0) is 17.4. The predicted molar refractivity (Wildman–Crippen MR) is 101 cm³/mol. The average molecular weight is 438 g/mol. The molecule has 0 atom stereocenters. The summed E-state index contributed by atoms with van der Waals surface area (Å²) in [7, 11) is 0. The van der Waals surface area contributed by atoms with Crippen molar-refractivity contribution in [2.45, 2.75) is 19.8 Å². The molecule has 0 saturated heterocycles. The van der Waals surface area contributed by atoms with E-state index in [2.05, 4.69) is 33.2 Å². The highest BCUT2D eigenvalue weighted by molar-refractivity contribution is 14.1. The maximum atomic E-state index is 12.4. The van der Waals surface area contributed by atoms with Crippen LogP contribution in [0, 0.1) is 3.57 Å². The van der Waals surface area contributed by atoms with Crippen LogP contribution < -0.4 is 10.6 Å². The van der Waals surface area contributed by atoms with E-state index in [0.29, 0.717) is 17.9 Å². The Morgan fingerprint density at radius 2 is 1.96 bits per heavy atom. The minimum absolute atomic E-state index is 0.157. The lowest BCUT2D eigenvalue weighted by Gasteiger charge is -2.10. The van der Waals surface area contributed by atoms with Crippen molar-refractivity contribution in [3.63, 3.8) is 0 Å². The molecule has 0 unspecified atom stereocenters. The molecule has 0 aliphatic heterocycles. The number of furan rings is 1. The van der Waals surface area contributed by atoms with Crippen LogP contribution in [-0.2, 0) is 4.79 Å². The van der Waals surface area contributed by atoms with Gasteiger partial charge in [0, 0.05) is 21.8 Å². The first-order valence-electron chi connectivity index (χ1n) is 7.70. The van der Waals surface area contributed by atoms with Gasteiger partial charge in [-0.15, -0.1) is 0 Å². The highest BCUT2D eigenvalue weighted by Gasteiger charge is 2.15. The molecule has 0 fully saturated rings. The average Bonchev–Trinajstić information content (AvgIpc) is 3.08. The Labute approximate surface area is 154 Å². The number of halogens is 1. The lowest BCUT2D eigenvalue weighted by atomic mass is 10.2. The molecule has 2 aromatic rings. The molecule has 126 valence electrons. The maximum absolute atomic E-state index is 12.4. The highest BCUT2D eigenvalue weighted by atomic mass is 127. The number of nitrogens with one attached hydrogen (secondary N) is 2. The monoisotopic (exact) mass is 438 g/mol. The number of amides is 2. The second-order valence-corrected chi connectivity index (χ2v) is 6.39. The van der Waals surface area contributed by atoms with Crippen molar-refractivity contribution in [2.75, 3.05) is 6.54 Å². The van der Waals surface area contributed by atoms with E-state index in [1.807, 2.05) is 19.1 Å². The molecule has 24 heavy (non-hydrogen) atoms. The summed E-state index contributed by atoms with van der Waals surface area (Å²) in [5, 5.41) is 5.46. The van der Waals surface area contributed by atoms with Crippen molar-refractivity contribution in [1.82, 2.24) is 10.6 Å². The van der Waals surface area contributed by atoms with Crippen molar-refractivity contribution in [1.29, 1.82) is 0 Å². The number of unbranched alkanes of at least 4 members (excludes halogenated alkanes) is 1. The summed E-state index contributed by atoms with van der Waals surface area (Å²) in [5.41, 5.74) is 0.645. The molecule has 5 nitrogen and oxygen atoms in total. The minimum Gasteiger partial charge on any atom is -0.465 e. The van der Waals surface area contributed by atoms with Gasteiger partial charge in [-0.3, -0.25) is 9.59 Å². The van der Waals surface area contributed by atoms with Crippen molar-refractivity contribution in [3.8, 4) is 0 Å². The minimum atomic E-state index is -0.338. The summed E-state index contributed by atoms with van der Waals surface area (Å²) < 4.78 is 6.27. The Morgan fingerprint density at radius 1 is 1.21 bits per heavy atom.